The van der Waals surface area contributed by atoms with Crippen molar-refractivity contribution in [3.8, 4) is 0 Å². The van der Waals surface area contributed by atoms with Crippen LogP contribution in [0.15, 0.2) is 0 Å². The average molecular weight is 310 g/mol. The molecule has 2 amide bonds. The summed E-state index contributed by atoms with van der Waals surface area (Å²) in [6.07, 6.45) is -3.65. The normalized spacial score (nSPS) is 27.0. The van der Waals surface area contributed by atoms with Crippen molar-refractivity contribution in [1.82, 2.24) is 10.2 Å². The summed E-state index contributed by atoms with van der Waals surface area (Å²) in [4.78, 5) is 25.6. The third-order valence-corrected chi connectivity index (χ3v) is 3.64. The number of hydrogen-bond acceptors (Lipinski definition) is 3. The van der Waals surface area contributed by atoms with Crippen LogP contribution < -0.4 is 5.32 Å². The van der Waals surface area contributed by atoms with Crippen molar-refractivity contribution in [2.45, 2.75) is 51.4 Å². The first-order valence-electron chi connectivity index (χ1n) is 6.88. The van der Waals surface area contributed by atoms with E-state index in [9.17, 15) is 22.8 Å². The first kappa shape index (κ1) is 17.7. The number of halogens is 3. The van der Waals surface area contributed by atoms with Crippen molar-refractivity contribution in [3.63, 3.8) is 0 Å². The second-order valence-electron chi connectivity index (χ2n) is 5.37. The molecule has 1 saturated heterocycles. The van der Waals surface area contributed by atoms with Crippen LogP contribution in [0.25, 0.3) is 0 Å². The Bertz CT molecular complexity index is 401. The topological polar surface area (TPSA) is 58.6 Å². The highest BCUT2D eigenvalue weighted by molar-refractivity contribution is 5.99. The number of carbonyl (C=O) groups is 2. The smallest absolute Gasteiger partial charge is 0.372 e. The third-order valence-electron chi connectivity index (χ3n) is 3.64. The molecule has 1 heterocycles. The summed E-state index contributed by atoms with van der Waals surface area (Å²) in [5.41, 5.74) is -0.948. The number of hydrogen-bond donors (Lipinski definition) is 1. The molecular weight excluding hydrogens is 289 g/mol. The van der Waals surface area contributed by atoms with Crippen LogP contribution >= 0.6 is 0 Å². The standard InChI is InChI=1S/C13H21F3N2O3/c1-4-12(3)11(20)18(9(2)10(19)17-12)6-5-7-21-8-13(14,15)16/h9H,4-8H2,1-3H3,(H,17,19). The third kappa shape index (κ3) is 4.59. The van der Waals surface area contributed by atoms with Crippen molar-refractivity contribution >= 4 is 11.8 Å². The van der Waals surface area contributed by atoms with Gasteiger partial charge >= 0.3 is 6.18 Å². The van der Waals surface area contributed by atoms with Gasteiger partial charge in [-0.3, -0.25) is 9.59 Å². The van der Waals surface area contributed by atoms with Crippen molar-refractivity contribution in [2.75, 3.05) is 19.8 Å². The Morgan fingerprint density at radius 3 is 2.52 bits per heavy atom. The van der Waals surface area contributed by atoms with E-state index < -0.39 is 24.4 Å². The largest absolute Gasteiger partial charge is 0.411 e. The molecule has 122 valence electrons. The predicted octanol–water partition coefficient (Wildman–Crippen LogP) is 1.47. The number of piperazine rings is 1. The van der Waals surface area contributed by atoms with Crippen LogP contribution in [0.4, 0.5) is 13.2 Å². The molecule has 1 aliphatic heterocycles. The first-order valence-corrected chi connectivity index (χ1v) is 6.88. The number of ether oxygens (including phenoxy) is 1. The second-order valence-corrected chi connectivity index (χ2v) is 5.37. The number of nitrogens with zero attached hydrogens (tertiary/aromatic N) is 1. The molecule has 0 aromatic carbocycles. The van der Waals surface area contributed by atoms with Crippen molar-refractivity contribution in [1.29, 1.82) is 0 Å². The van der Waals surface area contributed by atoms with Crippen LogP contribution in [0.3, 0.4) is 0 Å². The van der Waals surface area contributed by atoms with E-state index in [-0.39, 0.29) is 31.4 Å². The van der Waals surface area contributed by atoms with Gasteiger partial charge in [0.25, 0.3) is 0 Å². The Kier molecular flexibility index (Phi) is 5.61. The highest BCUT2D eigenvalue weighted by Crippen LogP contribution is 2.21. The SMILES string of the molecule is CCC1(C)NC(=O)C(C)N(CCCOCC(F)(F)F)C1=O. The minimum atomic E-state index is -4.35. The molecule has 0 aromatic rings. The van der Waals surface area contributed by atoms with Crippen molar-refractivity contribution in [3.05, 3.63) is 0 Å². The lowest BCUT2D eigenvalue weighted by Crippen LogP contribution is -2.68. The Morgan fingerprint density at radius 2 is 2.00 bits per heavy atom. The summed E-state index contributed by atoms with van der Waals surface area (Å²) >= 11 is 0. The van der Waals surface area contributed by atoms with Crippen LogP contribution in [0.2, 0.25) is 0 Å². The van der Waals surface area contributed by atoms with E-state index in [2.05, 4.69) is 10.1 Å². The lowest BCUT2D eigenvalue weighted by molar-refractivity contribution is -0.174. The van der Waals surface area contributed by atoms with Gasteiger partial charge in [0.05, 0.1) is 0 Å². The van der Waals surface area contributed by atoms with E-state index in [4.69, 9.17) is 0 Å². The van der Waals surface area contributed by atoms with Gasteiger partial charge in [-0.05, 0) is 26.7 Å². The molecule has 1 N–H and O–H groups in total. The molecule has 2 atom stereocenters. The fraction of sp³-hybridized carbons (Fsp3) is 0.846. The summed E-state index contributed by atoms with van der Waals surface area (Å²) in [5.74, 6) is -0.469. The van der Waals surface area contributed by atoms with Gasteiger partial charge in [0, 0.05) is 13.2 Å². The summed E-state index contributed by atoms with van der Waals surface area (Å²) in [6.45, 7) is 3.81. The Morgan fingerprint density at radius 1 is 1.38 bits per heavy atom. The van der Waals surface area contributed by atoms with E-state index in [1.807, 2.05) is 0 Å². The van der Waals surface area contributed by atoms with Crippen molar-refractivity contribution < 1.29 is 27.5 Å². The molecule has 0 saturated carbocycles. The maximum atomic E-state index is 12.3. The van der Waals surface area contributed by atoms with E-state index in [1.165, 1.54) is 4.90 Å². The molecule has 0 aromatic heterocycles. The molecule has 0 aliphatic carbocycles. The fourth-order valence-corrected chi connectivity index (χ4v) is 2.12. The van der Waals surface area contributed by atoms with E-state index in [0.29, 0.717) is 6.42 Å². The molecule has 0 spiro atoms. The summed E-state index contributed by atoms with van der Waals surface area (Å²) in [7, 11) is 0. The molecule has 2 unspecified atom stereocenters. The molecule has 21 heavy (non-hydrogen) atoms. The average Bonchev–Trinajstić information content (AvgIpc) is 2.38. The number of rotatable bonds is 6. The highest BCUT2D eigenvalue weighted by Gasteiger charge is 2.44. The molecular formula is C13H21F3N2O3. The van der Waals surface area contributed by atoms with Gasteiger partial charge in [-0.2, -0.15) is 13.2 Å². The summed E-state index contributed by atoms with van der Waals surface area (Å²) in [6, 6.07) is -0.625. The number of amides is 2. The van der Waals surface area contributed by atoms with Crippen LogP contribution in [-0.2, 0) is 14.3 Å². The fourth-order valence-electron chi connectivity index (χ4n) is 2.12. The minimum absolute atomic E-state index is 0.111. The van der Waals surface area contributed by atoms with E-state index in [0.717, 1.165) is 0 Å². The van der Waals surface area contributed by atoms with Gasteiger partial charge in [0.15, 0.2) is 0 Å². The second kappa shape index (κ2) is 6.64. The lowest BCUT2D eigenvalue weighted by Gasteiger charge is -2.43. The Balaban J connectivity index is 2.52. The van der Waals surface area contributed by atoms with Crippen LogP contribution in [0, 0.1) is 0 Å². The van der Waals surface area contributed by atoms with Gasteiger partial charge in [0.1, 0.15) is 18.2 Å². The van der Waals surface area contributed by atoms with E-state index >= 15 is 0 Å². The maximum Gasteiger partial charge on any atom is 0.411 e. The van der Waals surface area contributed by atoms with Gasteiger partial charge in [0.2, 0.25) is 11.8 Å². The molecule has 1 rings (SSSR count). The molecule has 5 nitrogen and oxygen atoms in total. The maximum absolute atomic E-state index is 12.3. The molecule has 1 aliphatic rings. The monoisotopic (exact) mass is 310 g/mol. The van der Waals surface area contributed by atoms with Crippen molar-refractivity contribution in [2.24, 2.45) is 0 Å². The van der Waals surface area contributed by atoms with Gasteiger partial charge in [-0.1, -0.05) is 6.92 Å². The molecule has 8 heteroatoms. The van der Waals surface area contributed by atoms with E-state index in [1.54, 1.807) is 20.8 Å². The van der Waals surface area contributed by atoms with Crippen LogP contribution in [-0.4, -0.2) is 54.2 Å². The highest BCUT2D eigenvalue weighted by atomic mass is 19.4. The molecule has 0 radical (unpaired) electrons. The van der Waals surface area contributed by atoms with Crippen LogP contribution in [0.5, 0.6) is 0 Å². The number of nitrogens with one attached hydrogen (secondary N) is 1. The quantitative estimate of drug-likeness (QED) is 0.756. The molecule has 0 bridgehead atoms. The molecule has 1 fully saturated rings. The van der Waals surface area contributed by atoms with Crippen LogP contribution in [0.1, 0.15) is 33.6 Å². The number of carbonyl (C=O) groups excluding carboxylic acids is 2. The zero-order valence-electron chi connectivity index (χ0n) is 12.4. The van der Waals surface area contributed by atoms with Gasteiger partial charge in [-0.25, -0.2) is 0 Å². The summed E-state index contributed by atoms with van der Waals surface area (Å²) in [5, 5.41) is 2.68. The summed E-state index contributed by atoms with van der Waals surface area (Å²) < 4.78 is 40.3. The van der Waals surface area contributed by atoms with Gasteiger partial charge < -0.3 is 15.0 Å². The minimum Gasteiger partial charge on any atom is -0.372 e. The van der Waals surface area contributed by atoms with Gasteiger partial charge in [-0.15, -0.1) is 0 Å². The first-order chi connectivity index (χ1) is 9.60. The zero-order chi connectivity index (χ0) is 16.3. The predicted molar refractivity (Wildman–Crippen MR) is 69.5 cm³/mol. The zero-order valence-corrected chi connectivity index (χ0v) is 12.4. The lowest BCUT2D eigenvalue weighted by atomic mass is 9.92. The Labute approximate surface area is 121 Å². The number of alkyl halides is 3. The Hall–Kier alpha value is -1.31.